The van der Waals surface area contributed by atoms with Crippen molar-refractivity contribution in [1.82, 2.24) is 4.90 Å². The number of amides is 1. The summed E-state index contributed by atoms with van der Waals surface area (Å²) in [5.41, 5.74) is 6.84. The summed E-state index contributed by atoms with van der Waals surface area (Å²) in [5.74, 6) is 0.420. The number of likely N-dealkylation sites (N-methyl/N-ethyl adjacent to an activating group) is 1. The first kappa shape index (κ1) is 17.3. The number of nitrogens with one attached hydrogen (secondary N) is 1. The first-order valence-corrected chi connectivity index (χ1v) is 6.97. The fourth-order valence-corrected chi connectivity index (χ4v) is 1.84. The molecule has 1 aromatic carbocycles. The maximum Gasteiger partial charge on any atom is 0.241 e. The van der Waals surface area contributed by atoms with E-state index in [1.54, 1.807) is 32.2 Å². The number of rotatable bonds is 7. The Labute approximate surface area is 125 Å². The Morgan fingerprint density at radius 1 is 1.48 bits per heavy atom. The Balaban J connectivity index is 2.69. The van der Waals surface area contributed by atoms with Gasteiger partial charge in [0.05, 0.1) is 24.9 Å². The van der Waals surface area contributed by atoms with Crippen molar-refractivity contribution < 1.29 is 14.6 Å². The van der Waals surface area contributed by atoms with Gasteiger partial charge in [0.2, 0.25) is 5.91 Å². The van der Waals surface area contributed by atoms with Gasteiger partial charge in [-0.15, -0.1) is 0 Å². The Kier molecular flexibility index (Phi) is 6.45. The van der Waals surface area contributed by atoms with Crippen molar-refractivity contribution >= 4 is 17.3 Å². The number of anilines is 2. The van der Waals surface area contributed by atoms with Crippen LogP contribution in [0.5, 0.6) is 5.75 Å². The van der Waals surface area contributed by atoms with Gasteiger partial charge in [-0.3, -0.25) is 9.69 Å². The highest BCUT2D eigenvalue weighted by Gasteiger charge is 2.19. The lowest BCUT2D eigenvalue weighted by Gasteiger charge is -2.24. The number of carbonyl (C=O) groups is 1. The number of nitrogens with two attached hydrogens (primary N) is 1. The van der Waals surface area contributed by atoms with Gasteiger partial charge >= 0.3 is 0 Å². The molecular formula is C15H25N3O3. The molecule has 1 rings (SSSR count). The zero-order valence-corrected chi connectivity index (χ0v) is 13.1. The van der Waals surface area contributed by atoms with Crippen molar-refractivity contribution in [3.8, 4) is 5.75 Å². The molecule has 6 heteroatoms. The molecule has 2 unspecified atom stereocenters. The number of methoxy groups -OCH3 is 1. The van der Waals surface area contributed by atoms with Crippen molar-refractivity contribution in [2.45, 2.75) is 32.4 Å². The van der Waals surface area contributed by atoms with E-state index in [1.165, 1.54) is 0 Å². The van der Waals surface area contributed by atoms with Crippen LogP contribution in [0.15, 0.2) is 18.2 Å². The maximum absolute atomic E-state index is 12.3. The molecule has 0 aliphatic heterocycles. The standard InChI is InChI=1S/C15H25N3O3/c1-10(19)7-8-18(3)11(2)15(20)17-13-9-12(16)5-6-14(13)21-4/h5-6,9-11,19H,7-8,16H2,1-4H3,(H,17,20). The van der Waals surface area contributed by atoms with E-state index in [0.29, 0.717) is 30.1 Å². The normalized spacial score (nSPS) is 13.8. The van der Waals surface area contributed by atoms with Gasteiger partial charge in [-0.2, -0.15) is 0 Å². The van der Waals surface area contributed by atoms with Crippen LogP contribution in [-0.4, -0.2) is 48.8 Å². The molecule has 0 saturated carbocycles. The fraction of sp³-hybridized carbons (Fsp3) is 0.533. The number of nitrogen functional groups attached to an aromatic ring is 1. The van der Waals surface area contributed by atoms with Gasteiger partial charge in [0.15, 0.2) is 0 Å². The van der Waals surface area contributed by atoms with Gasteiger partial charge in [-0.1, -0.05) is 0 Å². The summed E-state index contributed by atoms with van der Waals surface area (Å²) in [4.78, 5) is 14.2. The lowest BCUT2D eigenvalue weighted by Crippen LogP contribution is -2.40. The highest BCUT2D eigenvalue weighted by atomic mass is 16.5. The number of benzene rings is 1. The highest BCUT2D eigenvalue weighted by molar-refractivity contribution is 5.96. The van der Waals surface area contributed by atoms with Gasteiger partial charge in [0, 0.05) is 12.2 Å². The summed E-state index contributed by atoms with van der Waals surface area (Å²) in [7, 11) is 3.39. The molecule has 0 spiro atoms. The average molecular weight is 295 g/mol. The summed E-state index contributed by atoms with van der Waals surface area (Å²) in [5, 5.41) is 12.1. The first-order chi connectivity index (χ1) is 9.85. The topological polar surface area (TPSA) is 87.8 Å². The monoisotopic (exact) mass is 295 g/mol. The molecule has 0 aliphatic carbocycles. The van der Waals surface area contributed by atoms with Gasteiger partial charge in [0.1, 0.15) is 5.75 Å². The smallest absolute Gasteiger partial charge is 0.241 e. The zero-order valence-electron chi connectivity index (χ0n) is 13.1. The highest BCUT2D eigenvalue weighted by Crippen LogP contribution is 2.26. The molecule has 0 saturated heterocycles. The average Bonchev–Trinajstić information content (AvgIpc) is 2.44. The van der Waals surface area contributed by atoms with Crippen molar-refractivity contribution in [2.75, 3.05) is 31.8 Å². The second-order valence-electron chi connectivity index (χ2n) is 5.24. The van der Waals surface area contributed by atoms with Crippen LogP contribution in [0.2, 0.25) is 0 Å². The first-order valence-electron chi connectivity index (χ1n) is 6.97. The predicted octanol–water partition coefficient (Wildman–Crippen LogP) is 1.31. The van der Waals surface area contributed by atoms with E-state index in [4.69, 9.17) is 10.5 Å². The lowest BCUT2D eigenvalue weighted by molar-refractivity contribution is -0.120. The number of carbonyl (C=O) groups excluding carboxylic acids is 1. The van der Waals surface area contributed by atoms with E-state index in [9.17, 15) is 9.90 Å². The van der Waals surface area contributed by atoms with Crippen molar-refractivity contribution in [1.29, 1.82) is 0 Å². The molecule has 118 valence electrons. The van der Waals surface area contributed by atoms with Crippen LogP contribution in [0.1, 0.15) is 20.3 Å². The summed E-state index contributed by atoms with van der Waals surface area (Å²) in [6.45, 7) is 4.19. The minimum absolute atomic E-state index is 0.146. The van der Waals surface area contributed by atoms with Crippen LogP contribution >= 0.6 is 0 Å². The Morgan fingerprint density at radius 2 is 2.14 bits per heavy atom. The number of hydrogen-bond acceptors (Lipinski definition) is 5. The number of hydrogen-bond donors (Lipinski definition) is 3. The third-order valence-electron chi connectivity index (χ3n) is 3.42. The molecule has 0 heterocycles. The molecule has 6 nitrogen and oxygen atoms in total. The van der Waals surface area contributed by atoms with E-state index in [-0.39, 0.29) is 18.1 Å². The van der Waals surface area contributed by atoms with Crippen LogP contribution in [0, 0.1) is 0 Å². The molecule has 1 aromatic rings. The lowest BCUT2D eigenvalue weighted by atomic mass is 10.2. The largest absolute Gasteiger partial charge is 0.495 e. The summed E-state index contributed by atoms with van der Waals surface area (Å²) < 4.78 is 5.20. The minimum atomic E-state index is -0.378. The van der Waals surface area contributed by atoms with Gasteiger partial charge in [-0.25, -0.2) is 0 Å². The number of ether oxygens (including phenoxy) is 1. The molecule has 4 N–H and O–H groups in total. The molecule has 1 amide bonds. The summed E-state index contributed by atoms with van der Waals surface area (Å²) in [6, 6.07) is 4.77. The second-order valence-corrected chi connectivity index (χ2v) is 5.24. The van der Waals surface area contributed by atoms with Crippen LogP contribution in [-0.2, 0) is 4.79 Å². The SMILES string of the molecule is COc1ccc(N)cc1NC(=O)C(C)N(C)CCC(C)O. The van der Waals surface area contributed by atoms with E-state index in [2.05, 4.69) is 5.32 Å². The van der Waals surface area contributed by atoms with Crippen LogP contribution in [0.3, 0.4) is 0 Å². The molecule has 0 bridgehead atoms. The van der Waals surface area contributed by atoms with E-state index in [0.717, 1.165) is 0 Å². The quantitative estimate of drug-likeness (QED) is 0.660. The summed E-state index contributed by atoms with van der Waals surface area (Å²) >= 11 is 0. The third kappa shape index (κ3) is 5.24. The van der Waals surface area contributed by atoms with Gasteiger partial charge in [0.25, 0.3) is 0 Å². The van der Waals surface area contributed by atoms with Crippen LogP contribution < -0.4 is 15.8 Å². The van der Waals surface area contributed by atoms with E-state index < -0.39 is 0 Å². The molecule has 0 radical (unpaired) electrons. The van der Waals surface area contributed by atoms with Gasteiger partial charge in [-0.05, 0) is 45.5 Å². The molecule has 21 heavy (non-hydrogen) atoms. The fourth-order valence-electron chi connectivity index (χ4n) is 1.84. The number of aliphatic hydroxyl groups is 1. The van der Waals surface area contributed by atoms with Crippen molar-refractivity contribution in [2.24, 2.45) is 0 Å². The minimum Gasteiger partial charge on any atom is -0.495 e. The van der Waals surface area contributed by atoms with Crippen LogP contribution in [0.4, 0.5) is 11.4 Å². The van der Waals surface area contributed by atoms with Crippen molar-refractivity contribution in [3.05, 3.63) is 18.2 Å². The molecule has 0 aliphatic rings. The Hall–Kier alpha value is -1.79. The van der Waals surface area contributed by atoms with Crippen LogP contribution in [0.25, 0.3) is 0 Å². The number of aliphatic hydroxyl groups excluding tert-OH is 1. The summed E-state index contributed by atoms with van der Waals surface area (Å²) in [6.07, 6.45) is 0.243. The third-order valence-corrected chi connectivity index (χ3v) is 3.42. The van der Waals surface area contributed by atoms with Crippen molar-refractivity contribution in [3.63, 3.8) is 0 Å². The molecule has 2 atom stereocenters. The maximum atomic E-state index is 12.3. The second kappa shape index (κ2) is 7.85. The van der Waals surface area contributed by atoms with Gasteiger partial charge < -0.3 is 20.9 Å². The predicted molar refractivity (Wildman–Crippen MR) is 84.4 cm³/mol. The van der Waals surface area contributed by atoms with E-state index >= 15 is 0 Å². The molecule has 0 aromatic heterocycles. The number of nitrogens with zero attached hydrogens (tertiary/aromatic N) is 1. The molecule has 0 fully saturated rings. The Morgan fingerprint density at radius 3 is 2.71 bits per heavy atom. The zero-order chi connectivity index (χ0) is 16.0. The van der Waals surface area contributed by atoms with E-state index in [1.807, 2.05) is 18.9 Å². The molecular weight excluding hydrogens is 270 g/mol. The Bertz CT molecular complexity index is 477.